The van der Waals surface area contributed by atoms with Crippen LogP contribution in [0.3, 0.4) is 0 Å². The molecule has 0 aromatic heterocycles. The molecule has 1 fully saturated rings. The van der Waals surface area contributed by atoms with Crippen molar-refractivity contribution in [2.24, 2.45) is 5.92 Å². The lowest BCUT2D eigenvalue weighted by Gasteiger charge is -2.37. The van der Waals surface area contributed by atoms with Crippen molar-refractivity contribution in [3.63, 3.8) is 0 Å². The summed E-state index contributed by atoms with van der Waals surface area (Å²) in [6.45, 7) is 6.56. The predicted octanol–water partition coefficient (Wildman–Crippen LogP) is 2.73. The number of carbonyl (C=O) groups excluding carboxylic acids is 1. The summed E-state index contributed by atoms with van der Waals surface area (Å²) in [6, 6.07) is 0. The molecular weight excluding hydrogens is 270 g/mol. The van der Waals surface area contributed by atoms with E-state index in [1.54, 1.807) is 0 Å². The van der Waals surface area contributed by atoms with Crippen LogP contribution >= 0.6 is 0 Å². The zero-order valence-electron chi connectivity index (χ0n) is 13.5. The van der Waals surface area contributed by atoms with Gasteiger partial charge in [-0.1, -0.05) is 13.3 Å². The number of amides is 1. The second kappa shape index (κ2) is 8.37. The summed E-state index contributed by atoms with van der Waals surface area (Å²) in [5.74, 6) is -0.489. The van der Waals surface area contributed by atoms with Crippen molar-refractivity contribution in [2.45, 2.75) is 77.4 Å². The van der Waals surface area contributed by atoms with Crippen molar-refractivity contribution in [1.29, 1.82) is 0 Å². The van der Waals surface area contributed by atoms with Crippen LogP contribution in [0, 0.1) is 5.92 Å². The number of carboxylic acid groups (broad SMARTS) is 1. The molecule has 0 aromatic rings. The molecule has 0 aliphatic heterocycles. The molecule has 0 spiro atoms. The quantitative estimate of drug-likeness (QED) is 0.676. The Bertz CT molecular complexity index is 346. The molecule has 0 unspecified atom stereocenters. The Morgan fingerprint density at radius 2 is 1.95 bits per heavy atom. The van der Waals surface area contributed by atoms with E-state index < -0.39 is 11.5 Å². The summed E-state index contributed by atoms with van der Waals surface area (Å²) in [5.41, 5.74) is -1.05. The number of hydrogen-bond donors (Lipinski definition) is 2. The van der Waals surface area contributed by atoms with Gasteiger partial charge in [0, 0.05) is 13.0 Å². The molecule has 1 saturated carbocycles. The molecule has 0 bridgehead atoms. The molecule has 2 N–H and O–H groups in total. The normalized spacial score (nSPS) is 25.8. The summed E-state index contributed by atoms with van der Waals surface area (Å²) in [6.07, 6.45) is 5.00. The van der Waals surface area contributed by atoms with Crippen molar-refractivity contribution in [1.82, 2.24) is 5.32 Å². The third kappa shape index (κ3) is 5.65. The van der Waals surface area contributed by atoms with Gasteiger partial charge in [0.1, 0.15) is 5.54 Å². The number of aliphatic carboxylic acids is 1. The molecule has 0 saturated heterocycles. The van der Waals surface area contributed by atoms with E-state index in [1.165, 1.54) is 0 Å². The van der Waals surface area contributed by atoms with Gasteiger partial charge in [0.15, 0.2) is 0 Å². The maximum absolute atomic E-state index is 12.0. The Hall–Kier alpha value is -1.10. The van der Waals surface area contributed by atoms with Crippen LogP contribution in [0.4, 0.5) is 0 Å². The molecular formula is C16H29NO4. The maximum Gasteiger partial charge on any atom is 0.329 e. The fraction of sp³-hybridized carbons (Fsp3) is 0.875. The molecule has 0 heterocycles. The van der Waals surface area contributed by atoms with Crippen molar-refractivity contribution < 1.29 is 19.4 Å². The number of carboxylic acids is 1. The zero-order valence-corrected chi connectivity index (χ0v) is 13.5. The fourth-order valence-corrected chi connectivity index (χ4v) is 2.85. The van der Waals surface area contributed by atoms with Crippen LogP contribution in [-0.2, 0) is 14.3 Å². The number of nitrogens with one attached hydrogen (secondary N) is 1. The minimum absolute atomic E-state index is 0.155. The van der Waals surface area contributed by atoms with Gasteiger partial charge in [-0.05, 0) is 51.9 Å². The summed E-state index contributed by atoms with van der Waals surface area (Å²) in [5, 5.41) is 12.3. The van der Waals surface area contributed by atoms with Gasteiger partial charge in [0.25, 0.3) is 0 Å². The van der Waals surface area contributed by atoms with E-state index in [9.17, 15) is 14.7 Å². The lowest BCUT2D eigenvalue weighted by Crippen LogP contribution is -2.56. The fourth-order valence-electron chi connectivity index (χ4n) is 2.85. The molecule has 1 aliphatic rings. The number of hydrogen-bond acceptors (Lipinski definition) is 3. The molecule has 1 aliphatic carbocycles. The van der Waals surface area contributed by atoms with Crippen molar-refractivity contribution >= 4 is 11.9 Å². The minimum Gasteiger partial charge on any atom is -0.480 e. The second-order valence-corrected chi connectivity index (χ2v) is 6.31. The first-order valence-electron chi connectivity index (χ1n) is 8.05. The lowest BCUT2D eigenvalue weighted by molar-refractivity contribution is -0.149. The predicted molar refractivity (Wildman–Crippen MR) is 81.1 cm³/mol. The summed E-state index contributed by atoms with van der Waals surface area (Å²) in [4.78, 5) is 23.6. The van der Waals surface area contributed by atoms with Gasteiger partial charge in [-0.25, -0.2) is 4.79 Å². The number of ether oxygens (including phenoxy) is 1. The monoisotopic (exact) mass is 299 g/mol. The Morgan fingerprint density at radius 1 is 1.33 bits per heavy atom. The summed E-state index contributed by atoms with van der Waals surface area (Å²) < 4.78 is 5.39. The third-order valence-corrected chi connectivity index (χ3v) is 4.32. The molecule has 5 nitrogen and oxygen atoms in total. The molecule has 0 radical (unpaired) electrons. The SMILES string of the molecule is CCC1CCC(NC(=O)CCCOC(C)C)(C(=O)O)CC1. The van der Waals surface area contributed by atoms with E-state index in [4.69, 9.17) is 4.74 Å². The van der Waals surface area contributed by atoms with E-state index in [1.807, 2.05) is 13.8 Å². The zero-order chi connectivity index (χ0) is 15.9. The first-order chi connectivity index (χ1) is 9.89. The van der Waals surface area contributed by atoms with E-state index >= 15 is 0 Å². The Labute approximate surface area is 127 Å². The minimum atomic E-state index is -1.05. The largest absolute Gasteiger partial charge is 0.480 e. The average Bonchev–Trinajstić information content (AvgIpc) is 2.44. The Kier molecular flexibility index (Phi) is 7.15. The van der Waals surface area contributed by atoms with E-state index in [0.29, 0.717) is 38.2 Å². The Morgan fingerprint density at radius 3 is 2.43 bits per heavy atom. The van der Waals surface area contributed by atoms with Crippen LogP contribution in [0.15, 0.2) is 0 Å². The first kappa shape index (κ1) is 18.0. The van der Waals surface area contributed by atoms with Gasteiger partial charge in [0.2, 0.25) is 5.91 Å². The maximum atomic E-state index is 12.0. The van der Waals surface area contributed by atoms with E-state index in [-0.39, 0.29) is 12.0 Å². The van der Waals surface area contributed by atoms with Gasteiger partial charge < -0.3 is 15.2 Å². The highest BCUT2D eigenvalue weighted by Gasteiger charge is 2.42. The molecule has 5 heteroatoms. The highest BCUT2D eigenvalue weighted by Crippen LogP contribution is 2.34. The second-order valence-electron chi connectivity index (χ2n) is 6.31. The average molecular weight is 299 g/mol. The molecule has 21 heavy (non-hydrogen) atoms. The van der Waals surface area contributed by atoms with Crippen molar-refractivity contribution in [3.05, 3.63) is 0 Å². The number of rotatable bonds is 8. The van der Waals surface area contributed by atoms with Crippen LogP contribution in [0.5, 0.6) is 0 Å². The lowest BCUT2D eigenvalue weighted by atomic mass is 9.75. The highest BCUT2D eigenvalue weighted by atomic mass is 16.5. The van der Waals surface area contributed by atoms with E-state index in [2.05, 4.69) is 12.2 Å². The molecule has 1 amide bonds. The molecule has 122 valence electrons. The van der Waals surface area contributed by atoms with Gasteiger partial charge in [-0.3, -0.25) is 4.79 Å². The summed E-state index contributed by atoms with van der Waals surface area (Å²) in [7, 11) is 0. The topological polar surface area (TPSA) is 75.6 Å². The van der Waals surface area contributed by atoms with Gasteiger partial charge in [-0.2, -0.15) is 0 Å². The van der Waals surface area contributed by atoms with Gasteiger partial charge in [0.05, 0.1) is 6.10 Å². The van der Waals surface area contributed by atoms with Crippen LogP contribution in [-0.4, -0.2) is 35.2 Å². The summed E-state index contributed by atoms with van der Waals surface area (Å²) >= 11 is 0. The van der Waals surface area contributed by atoms with Crippen LogP contribution in [0.1, 0.15) is 65.7 Å². The highest BCUT2D eigenvalue weighted by molar-refractivity contribution is 5.87. The van der Waals surface area contributed by atoms with Crippen LogP contribution in [0.2, 0.25) is 0 Å². The van der Waals surface area contributed by atoms with Gasteiger partial charge >= 0.3 is 5.97 Å². The van der Waals surface area contributed by atoms with E-state index in [0.717, 1.165) is 19.3 Å². The molecule has 1 rings (SSSR count). The first-order valence-corrected chi connectivity index (χ1v) is 8.05. The molecule has 0 atom stereocenters. The van der Waals surface area contributed by atoms with Crippen molar-refractivity contribution in [2.75, 3.05) is 6.61 Å². The van der Waals surface area contributed by atoms with Crippen LogP contribution in [0.25, 0.3) is 0 Å². The van der Waals surface area contributed by atoms with Crippen molar-refractivity contribution in [3.8, 4) is 0 Å². The Balaban J connectivity index is 2.44. The standard InChI is InChI=1S/C16H29NO4/c1-4-13-7-9-16(10-8-13,15(19)20)17-14(18)6-5-11-21-12(2)3/h12-13H,4-11H2,1-3H3,(H,17,18)(H,19,20). The van der Waals surface area contributed by atoms with Gasteiger partial charge in [-0.15, -0.1) is 0 Å². The molecule has 0 aromatic carbocycles. The van der Waals surface area contributed by atoms with Crippen LogP contribution < -0.4 is 5.32 Å². The third-order valence-electron chi connectivity index (χ3n) is 4.32. The number of carbonyl (C=O) groups is 2. The smallest absolute Gasteiger partial charge is 0.329 e.